The van der Waals surface area contributed by atoms with E-state index >= 15 is 0 Å². The summed E-state index contributed by atoms with van der Waals surface area (Å²) >= 11 is 0. The number of hydrogen-bond acceptors (Lipinski definition) is 4. The van der Waals surface area contributed by atoms with E-state index < -0.39 is 0 Å². The van der Waals surface area contributed by atoms with Crippen LogP contribution in [0.3, 0.4) is 0 Å². The molecule has 0 aliphatic carbocycles. The van der Waals surface area contributed by atoms with Gasteiger partial charge in [-0.15, -0.1) is 0 Å². The number of carbonyl (C=O) groups excluding carboxylic acids is 1. The molecule has 6 nitrogen and oxygen atoms in total. The lowest BCUT2D eigenvalue weighted by Crippen LogP contribution is -2.49. The maximum absolute atomic E-state index is 12.4. The van der Waals surface area contributed by atoms with Crippen LogP contribution < -0.4 is 10.1 Å². The second-order valence-electron chi connectivity index (χ2n) is 7.11. The summed E-state index contributed by atoms with van der Waals surface area (Å²) in [4.78, 5) is 16.9. The number of likely N-dealkylation sites (tertiary alicyclic amines) is 1. The van der Waals surface area contributed by atoms with Crippen LogP contribution in [-0.4, -0.2) is 74.9 Å². The maximum atomic E-state index is 12.4. The highest BCUT2D eigenvalue weighted by molar-refractivity contribution is 5.74. The van der Waals surface area contributed by atoms with Crippen molar-refractivity contribution in [2.24, 2.45) is 5.92 Å². The van der Waals surface area contributed by atoms with Crippen LogP contribution in [0.4, 0.5) is 4.79 Å². The number of nitrogens with one attached hydrogen (secondary N) is 1. The molecular formula is C20H31N3O3. The number of benzene rings is 1. The van der Waals surface area contributed by atoms with Crippen LogP contribution in [0.25, 0.3) is 0 Å². The molecule has 144 valence electrons. The molecule has 0 saturated carbocycles. The zero-order valence-corrected chi connectivity index (χ0v) is 15.6. The van der Waals surface area contributed by atoms with Crippen molar-refractivity contribution in [2.45, 2.75) is 19.3 Å². The quantitative estimate of drug-likeness (QED) is 0.757. The van der Waals surface area contributed by atoms with Gasteiger partial charge in [-0.3, -0.25) is 4.90 Å². The van der Waals surface area contributed by atoms with Gasteiger partial charge in [0.1, 0.15) is 5.75 Å². The monoisotopic (exact) mass is 361 g/mol. The summed E-state index contributed by atoms with van der Waals surface area (Å²) in [5.74, 6) is 1.45. The van der Waals surface area contributed by atoms with E-state index in [1.54, 1.807) is 0 Å². The van der Waals surface area contributed by atoms with E-state index in [2.05, 4.69) is 10.2 Å². The van der Waals surface area contributed by atoms with E-state index in [-0.39, 0.29) is 6.03 Å². The first kappa shape index (κ1) is 19.0. The van der Waals surface area contributed by atoms with Gasteiger partial charge >= 0.3 is 6.03 Å². The number of carbonyl (C=O) groups is 1. The second kappa shape index (κ2) is 10.4. The number of ether oxygens (including phenoxy) is 2. The first-order chi connectivity index (χ1) is 12.8. The first-order valence-corrected chi connectivity index (χ1v) is 9.82. The van der Waals surface area contributed by atoms with Crippen LogP contribution in [0.15, 0.2) is 30.3 Å². The predicted molar refractivity (Wildman–Crippen MR) is 102 cm³/mol. The van der Waals surface area contributed by atoms with Gasteiger partial charge in [-0.05, 0) is 37.3 Å². The fourth-order valence-corrected chi connectivity index (χ4v) is 3.63. The van der Waals surface area contributed by atoms with Crippen molar-refractivity contribution in [1.29, 1.82) is 0 Å². The molecule has 2 aliphatic heterocycles. The number of hydrogen-bond donors (Lipinski definition) is 1. The fourth-order valence-electron chi connectivity index (χ4n) is 3.63. The van der Waals surface area contributed by atoms with Crippen molar-refractivity contribution in [1.82, 2.24) is 15.1 Å². The number of rotatable bonds is 7. The number of morpholine rings is 1. The normalized spacial score (nSPS) is 21.4. The van der Waals surface area contributed by atoms with Crippen LogP contribution in [0.5, 0.6) is 5.75 Å². The Morgan fingerprint density at radius 3 is 2.81 bits per heavy atom. The van der Waals surface area contributed by atoms with Crippen LogP contribution in [0, 0.1) is 5.92 Å². The van der Waals surface area contributed by atoms with E-state index in [0.29, 0.717) is 19.1 Å². The third kappa shape index (κ3) is 6.18. The Bertz CT molecular complexity index is 534. The lowest BCUT2D eigenvalue weighted by Gasteiger charge is -2.36. The second-order valence-corrected chi connectivity index (χ2v) is 7.11. The molecule has 2 aliphatic rings. The predicted octanol–water partition coefficient (Wildman–Crippen LogP) is 2.21. The minimum Gasteiger partial charge on any atom is -0.494 e. The highest BCUT2D eigenvalue weighted by Gasteiger charge is 2.25. The van der Waals surface area contributed by atoms with Crippen LogP contribution in [0.2, 0.25) is 0 Å². The lowest BCUT2D eigenvalue weighted by molar-refractivity contribution is 0.0249. The minimum atomic E-state index is 0.0661. The van der Waals surface area contributed by atoms with Gasteiger partial charge in [0.25, 0.3) is 0 Å². The lowest BCUT2D eigenvalue weighted by atomic mass is 9.97. The summed E-state index contributed by atoms with van der Waals surface area (Å²) in [6, 6.07) is 9.85. The van der Waals surface area contributed by atoms with Crippen molar-refractivity contribution in [3.8, 4) is 5.75 Å². The average Bonchev–Trinajstić information content (AvgIpc) is 2.69. The number of nitrogens with zero attached hydrogens (tertiary/aromatic N) is 2. The third-order valence-electron chi connectivity index (χ3n) is 5.04. The van der Waals surface area contributed by atoms with E-state index in [4.69, 9.17) is 9.47 Å². The molecular weight excluding hydrogens is 330 g/mol. The van der Waals surface area contributed by atoms with Crippen molar-refractivity contribution >= 4 is 6.03 Å². The topological polar surface area (TPSA) is 54.0 Å². The Hall–Kier alpha value is -1.79. The van der Waals surface area contributed by atoms with E-state index in [1.165, 1.54) is 6.42 Å². The van der Waals surface area contributed by atoms with Crippen molar-refractivity contribution in [3.63, 3.8) is 0 Å². The number of amides is 2. The molecule has 0 unspecified atom stereocenters. The highest BCUT2D eigenvalue weighted by atomic mass is 16.5. The van der Waals surface area contributed by atoms with Gasteiger partial charge in [-0.25, -0.2) is 4.79 Å². The molecule has 2 fully saturated rings. The Labute approximate surface area is 156 Å². The molecule has 0 spiro atoms. The SMILES string of the molecule is O=C(NCCCOc1ccccc1)N1CCC[C@@H](CN2CCOCC2)C1. The number of piperidine rings is 1. The molecule has 26 heavy (non-hydrogen) atoms. The first-order valence-electron chi connectivity index (χ1n) is 9.82. The van der Waals surface area contributed by atoms with Gasteiger partial charge in [0.05, 0.1) is 19.8 Å². The molecule has 1 aromatic carbocycles. The number of para-hydroxylation sites is 1. The molecule has 1 atom stereocenters. The van der Waals surface area contributed by atoms with Crippen LogP contribution >= 0.6 is 0 Å². The molecule has 2 saturated heterocycles. The summed E-state index contributed by atoms with van der Waals surface area (Å²) in [5.41, 5.74) is 0. The van der Waals surface area contributed by atoms with Crippen molar-refractivity contribution in [3.05, 3.63) is 30.3 Å². The molecule has 2 heterocycles. The van der Waals surface area contributed by atoms with E-state index in [1.807, 2.05) is 35.2 Å². The molecule has 1 aromatic rings. The summed E-state index contributed by atoms with van der Waals surface area (Å²) in [5, 5.41) is 3.04. The largest absolute Gasteiger partial charge is 0.494 e. The zero-order valence-electron chi connectivity index (χ0n) is 15.6. The van der Waals surface area contributed by atoms with Crippen molar-refractivity contribution < 1.29 is 14.3 Å². The summed E-state index contributed by atoms with van der Waals surface area (Å²) in [7, 11) is 0. The summed E-state index contributed by atoms with van der Waals surface area (Å²) in [6.45, 7) is 7.78. The highest BCUT2D eigenvalue weighted by Crippen LogP contribution is 2.18. The van der Waals surface area contributed by atoms with Gasteiger partial charge in [0.2, 0.25) is 0 Å². The summed E-state index contributed by atoms with van der Waals surface area (Å²) < 4.78 is 11.1. The van der Waals surface area contributed by atoms with Gasteiger partial charge in [0.15, 0.2) is 0 Å². The maximum Gasteiger partial charge on any atom is 0.317 e. The summed E-state index contributed by atoms with van der Waals surface area (Å²) in [6.07, 6.45) is 3.12. The minimum absolute atomic E-state index is 0.0661. The zero-order chi connectivity index (χ0) is 18.0. The molecule has 0 aromatic heterocycles. The van der Waals surface area contributed by atoms with Crippen LogP contribution in [0.1, 0.15) is 19.3 Å². The molecule has 1 N–H and O–H groups in total. The third-order valence-corrected chi connectivity index (χ3v) is 5.04. The molecule has 2 amide bonds. The van der Waals surface area contributed by atoms with E-state index in [9.17, 15) is 4.79 Å². The fraction of sp³-hybridized carbons (Fsp3) is 0.650. The van der Waals surface area contributed by atoms with Gasteiger partial charge < -0.3 is 19.7 Å². The number of urea groups is 1. The van der Waals surface area contributed by atoms with Crippen LogP contribution in [-0.2, 0) is 4.74 Å². The van der Waals surface area contributed by atoms with Gasteiger partial charge in [-0.1, -0.05) is 18.2 Å². The molecule has 0 radical (unpaired) electrons. The van der Waals surface area contributed by atoms with E-state index in [0.717, 1.165) is 64.5 Å². The molecule has 0 bridgehead atoms. The Kier molecular flexibility index (Phi) is 7.58. The standard InChI is InChI=1S/C20H31N3O3/c24-20(21-9-5-13-26-19-7-2-1-3-8-19)23-10-4-6-18(17-23)16-22-11-14-25-15-12-22/h1-3,7-8,18H,4-6,9-17H2,(H,21,24)/t18-/m0/s1. The Morgan fingerprint density at radius 2 is 2.00 bits per heavy atom. The Morgan fingerprint density at radius 1 is 1.19 bits per heavy atom. The van der Waals surface area contributed by atoms with Gasteiger partial charge in [0, 0.05) is 39.3 Å². The molecule has 6 heteroatoms. The average molecular weight is 361 g/mol. The van der Waals surface area contributed by atoms with Gasteiger partial charge in [-0.2, -0.15) is 0 Å². The van der Waals surface area contributed by atoms with Crippen molar-refractivity contribution in [2.75, 3.05) is 59.1 Å². The Balaban J connectivity index is 1.30. The molecule has 3 rings (SSSR count). The smallest absolute Gasteiger partial charge is 0.317 e.